The Balaban J connectivity index is 2.63. The molecule has 0 aliphatic heterocycles. The number of aromatic nitrogens is 2. The molecular formula is C9H8ClN3O. The smallest absolute Gasteiger partial charge is 0.175 e. The van der Waals surface area contributed by atoms with Crippen LogP contribution in [-0.2, 0) is 7.05 Å². The van der Waals surface area contributed by atoms with Gasteiger partial charge in [0.15, 0.2) is 5.17 Å². The molecule has 5 heteroatoms. The number of aryl methyl sites for hydroxylation is 1. The van der Waals surface area contributed by atoms with Gasteiger partial charge in [-0.3, -0.25) is 4.68 Å². The summed E-state index contributed by atoms with van der Waals surface area (Å²) in [6, 6.07) is 5.49. The number of rotatable bonds is 1. The number of oxime groups is 1. The summed E-state index contributed by atoms with van der Waals surface area (Å²) in [4.78, 5) is 0. The third kappa shape index (κ3) is 1.33. The lowest BCUT2D eigenvalue weighted by atomic mass is 10.2. The molecule has 0 aliphatic carbocycles. The molecule has 0 saturated heterocycles. The highest BCUT2D eigenvalue weighted by atomic mass is 35.5. The molecule has 1 aromatic carbocycles. The zero-order chi connectivity index (χ0) is 10.1. The van der Waals surface area contributed by atoms with E-state index in [1.165, 1.54) is 0 Å². The fraction of sp³-hybridized carbons (Fsp3) is 0.111. The van der Waals surface area contributed by atoms with Crippen molar-refractivity contribution in [2.45, 2.75) is 0 Å². The minimum atomic E-state index is 0.0794. The molecule has 0 aliphatic rings. The van der Waals surface area contributed by atoms with Gasteiger partial charge >= 0.3 is 0 Å². The molecule has 0 saturated carbocycles. The summed E-state index contributed by atoms with van der Waals surface area (Å²) < 4.78 is 1.77. The lowest BCUT2D eigenvalue weighted by Crippen LogP contribution is -1.92. The van der Waals surface area contributed by atoms with E-state index in [4.69, 9.17) is 16.8 Å². The molecule has 1 N–H and O–H groups in total. The maximum absolute atomic E-state index is 8.50. The van der Waals surface area contributed by atoms with Crippen molar-refractivity contribution in [2.75, 3.05) is 0 Å². The first-order valence-corrected chi connectivity index (χ1v) is 4.40. The largest absolute Gasteiger partial charge is 0.410 e. The van der Waals surface area contributed by atoms with Gasteiger partial charge in [-0.05, 0) is 18.2 Å². The van der Waals surface area contributed by atoms with E-state index in [9.17, 15) is 0 Å². The Morgan fingerprint density at radius 3 is 3.07 bits per heavy atom. The van der Waals surface area contributed by atoms with Crippen molar-refractivity contribution in [1.82, 2.24) is 9.78 Å². The maximum Gasteiger partial charge on any atom is 0.175 e. The van der Waals surface area contributed by atoms with E-state index < -0.39 is 0 Å². The lowest BCUT2D eigenvalue weighted by Gasteiger charge is -1.97. The van der Waals surface area contributed by atoms with Crippen LogP contribution in [0.5, 0.6) is 0 Å². The summed E-state index contributed by atoms with van der Waals surface area (Å²) in [6.07, 6.45) is 1.74. The summed E-state index contributed by atoms with van der Waals surface area (Å²) in [7, 11) is 1.86. The van der Waals surface area contributed by atoms with Crippen molar-refractivity contribution in [2.24, 2.45) is 12.2 Å². The van der Waals surface area contributed by atoms with Crippen LogP contribution in [0, 0.1) is 0 Å². The van der Waals surface area contributed by atoms with Gasteiger partial charge in [0.05, 0.1) is 11.7 Å². The first-order valence-electron chi connectivity index (χ1n) is 4.02. The molecule has 1 aromatic heterocycles. The zero-order valence-corrected chi connectivity index (χ0v) is 8.23. The average molecular weight is 210 g/mol. The molecule has 0 spiro atoms. The molecule has 72 valence electrons. The van der Waals surface area contributed by atoms with Gasteiger partial charge in [-0.2, -0.15) is 5.10 Å². The van der Waals surface area contributed by atoms with Crippen LogP contribution in [0.25, 0.3) is 10.9 Å². The predicted molar refractivity (Wildman–Crippen MR) is 54.9 cm³/mol. The predicted octanol–water partition coefficient (Wildman–Crippen LogP) is 1.95. The molecule has 1 heterocycles. The molecular weight excluding hydrogens is 202 g/mol. The summed E-state index contributed by atoms with van der Waals surface area (Å²) in [6.45, 7) is 0. The molecule has 2 rings (SSSR count). The molecule has 2 aromatic rings. The highest BCUT2D eigenvalue weighted by Gasteiger charge is 2.04. The monoisotopic (exact) mass is 209 g/mol. The van der Waals surface area contributed by atoms with Crippen LogP contribution in [0.3, 0.4) is 0 Å². The Hall–Kier alpha value is -1.55. The second kappa shape index (κ2) is 3.31. The van der Waals surface area contributed by atoms with Crippen LogP contribution >= 0.6 is 11.6 Å². The first-order chi connectivity index (χ1) is 6.72. The van der Waals surface area contributed by atoms with Crippen molar-refractivity contribution in [1.29, 1.82) is 0 Å². The minimum Gasteiger partial charge on any atom is -0.410 e. The average Bonchev–Trinajstić information content (AvgIpc) is 2.59. The summed E-state index contributed by atoms with van der Waals surface area (Å²) in [5.41, 5.74) is 1.69. The van der Waals surface area contributed by atoms with Crippen LogP contribution in [0.4, 0.5) is 0 Å². The topological polar surface area (TPSA) is 50.4 Å². The zero-order valence-electron chi connectivity index (χ0n) is 7.48. The fourth-order valence-electron chi connectivity index (χ4n) is 1.35. The van der Waals surface area contributed by atoms with Crippen molar-refractivity contribution in [3.63, 3.8) is 0 Å². The number of hydrogen-bond donors (Lipinski definition) is 1. The Morgan fingerprint density at radius 2 is 2.36 bits per heavy atom. The molecule has 14 heavy (non-hydrogen) atoms. The van der Waals surface area contributed by atoms with Gasteiger partial charge in [0, 0.05) is 18.0 Å². The van der Waals surface area contributed by atoms with Gasteiger partial charge in [-0.1, -0.05) is 16.8 Å². The van der Waals surface area contributed by atoms with Crippen molar-refractivity contribution >= 4 is 27.7 Å². The quantitative estimate of drug-likeness (QED) is 0.443. The van der Waals surface area contributed by atoms with Crippen LogP contribution in [0.1, 0.15) is 5.56 Å². The van der Waals surface area contributed by atoms with Crippen LogP contribution < -0.4 is 0 Å². The van der Waals surface area contributed by atoms with E-state index in [0.717, 1.165) is 10.9 Å². The molecule has 0 radical (unpaired) electrons. The Morgan fingerprint density at radius 1 is 1.57 bits per heavy atom. The van der Waals surface area contributed by atoms with Gasteiger partial charge in [0.2, 0.25) is 0 Å². The Bertz CT molecular complexity index is 504. The third-order valence-corrected chi connectivity index (χ3v) is 2.37. The number of halogens is 1. The molecule has 0 amide bonds. The standard InChI is InChI=1S/C9H8ClN3O/c1-13-8-3-2-6(9(10)12-14)4-7(8)5-11-13/h2-5,14H,1H3/b12-9-. The second-order valence-electron chi connectivity index (χ2n) is 2.93. The number of nitrogens with zero attached hydrogens (tertiary/aromatic N) is 3. The normalized spacial score (nSPS) is 12.3. The van der Waals surface area contributed by atoms with E-state index in [2.05, 4.69) is 10.3 Å². The lowest BCUT2D eigenvalue weighted by molar-refractivity contribution is 0.321. The molecule has 0 unspecified atom stereocenters. The number of hydrogen-bond acceptors (Lipinski definition) is 3. The van der Waals surface area contributed by atoms with Crippen molar-refractivity contribution < 1.29 is 5.21 Å². The molecule has 4 nitrogen and oxygen atoms in total. The fourth-order valence-corrected chi connectivity index (χ4v) is 1.47. The summed E-state index contributed by atoms with van der Waals surface area (Å²) in [5, 5.41) is 16.6. The van der Waals surface area contributed by atoms with E-state index in [1.807, 2.05) is 19.2 Å². The maximum atomic E-state index is 8.50. The Labute approximate surface area is 85.4 Å². The van der Waals surface area contributed by atoms with Gasteiger partial charge in [-0.25, -0.2) is 0 Å². The Kier molecular flexibility index (Phi) is 2.13. The van der Waals surface area contributed by atoms with Gasteiger partial charge in [0.25, 0.3) is 0 Å². The van der Waals surface area contributed by atoms with Crippen molar-refractivity contribution in [3.8, 4) is 0 Å². The minimum absolute atomic E-state index is 0.0794. The van der Waals surface area contributed by atoms with E-state index in [-0.39, 0.29) is 5.17 Å². The van der Waals surface area contributed by atoms with Gasteiger partial charge in [0.1, 0.15) is 0 Å². The molecule has 0 atom stereocenters. The van der Waals surface area contributed by atoms with Crippen molar-refractivity contribution in [3.05, 3.63) is 30.0 Å². The van der Waals surface area contributed by atoms with Gasteiger partial charge in [-0.15, -0.1) is 0 Å². The molecule has 0 fully saturated rings. The van der Waals surface area contributed by atoms with Crippen LogP contribution in [-0.4, -0.2) is 20.2 Å². The van der Waals surface area contributed by atoms with Gasteiger partial charge < -0.3 is 5.21 Å². The highest BCUT2D eigenvalue weighted by Crippen LogP contribution is 2.16. The van der Waals surface area contributed by atoms with E-state index in [1.54, 1.807) is 16.9 Å². The number of benzene rings is 1. The molecule has 0 bridgehead atoms. The third-order valence-electron chi connectivity index (χ3n) is 2.07. The summed E-state index contributed by atoms with van der Waals surface area (Å²) >= 11 is 5.67. The van der Waals surface area contributed by atoms with E-state index >= 15 is 0 Å². The highest BCUT2D eigenvalue weighted by molar-refractivity contribution is 6.69. The van der Waals surface area contributed by atoms with E-state index in [0.29, 0.717) is 5.56 Å². The first kappa shape index (κ1) is 9.02. The van der Waals surface area contributed by atoms with Crippen LogP contribution in [0.2, 0.25) is 0 Å². The van der Waals surface area contributed by atoms with Crippen LogP contribution in [0.15, 0.2) is 29.6 Å². The summed E-state index contributed by atoms with van der Waals surface area (Å²) in [5.74, 6) is 0. The SMILES string of the molecule is Cn1ncc2cc(/C(Cl)=N/O)ccc21. The second-order valence-corrected chi connectivity index (χ2v) is 3.29. The number of fused-ring (bicyclic) bond motifs is 1.